The Hall–Kier alpha value is -1.74. The first kappa shape index (κ1) is 38.5. The van der Waals surface area contributed by atoms with E-state index in [2.05, 4.69) is 158 Å². The van der Waals surface area contributed by atoms with Gasteiger partial charge in [0.25, 0.3) is 0 Å². The van der Waals surface area contributed by atoms with E-state index in [0.717, 1.165) is 12.3 Å². The predicted molar refractivity (Wildman–Crippen MR) is 234 cm³/mol. The van der Waals surface area contributed by atoms with E-state index in [-0.39, 0.29) is 7.25 Å². The van der Waals surface area contributed by atoms with Gasteiger partial charge in [-0.3, -0.25) is 0 Å². The van der Waals surface area contributed by atoms with Gasteiger partial charge in [-0.2, -0.15) is 0 Å². The number of halogens is 2. The Morgan fingerprint density at radius 1 is 0.712 bits per heavy atom. The summed E-state index contributed by atoms with van der Waals surface area (Å²) < 4.78 is 0.249. The van der Waals surface area contributed by atoms with Gasteiger partial charge >= 0.3 is 328 Å². The second-order valence-electron chi connectivity index (χ2n) is 18.1. The monoisotopic (exact) mass is 839 g/mol. The van der Waals surface area contributed by atoms with E-state index in [0.29, 0.717) is 11.8 Å². The second kappa shape index (κ2) is 14.4. The van der Waals surface area contributed by atoms with Gasteiger partial charge in [-0.15, -0.1) is 0 Å². The van der Waals surface area contributed by atoms with E-state index in [1.165, 1.54) is 86.5 Å². The van der Waals surface area contributed by atoms with Crippen LogP contribution in [0, 0.1) is 11.8 Å². The summed E-state index contributed by atoms with van der Waals surface area (Å²) >= 11 is -4.90. The van der Waals surface area contributed by atoms with Crippen LogP contribution in [-0.4, -0.2) is 14.0 Å². The molecule has 5 heteroatoms. The van der Waals surface area contributed by atoms with E-state index >= 15 is 0 Å². The quantitative estimate of drug-likeness (QED) is 0.147. The van der Waals surface area contributed by atoms with Gasteiger partial charge < -0.3 is 0 Å². The Kier molecular flexibility index (Phi) is 10.7. The summed E-state index contributed by atoms with van der Waals surface area (Å²) in [5, 5.41) is 1.50. The molecule has 1 saturated carbocycles. The molecule has 52 heavy (non-hydrogen) atoms. The molecule has 3 aliphatic carbocycles. The van der Waals surface area contributed by atoms with Gasteiger partial charge in [0.15, 0.2) is 0 Å². The molecule has 0 amide bonds. The van der Waals surface area contributed by atoms with Crippen LogP contribution in [0.1, 0.15) is 101 Å². The molecule has 0 aliphatic heterocycles. The summed E-state index contributed by atoms with van der Waals surface area (Å²) in [6.45, 7) is 21.6. The molecule has 3 aliphatic rings. The third kappa shape index (κ3) is 6.55. The Morgan fingerprint density at radius 3 is 1.73 bits per heavy atom. The van der Waals surface area contributed by atoms with Crippen LogP contribution in [0.15, 0.2) is 96.1 Å². The maximum absolute atomic E-state index is 8.90. The summed E-state index contributed by atoms with van der Waals surface area (Å²) in [5.74, 6) is 0.181. The van der Waals surface area contributed by atoms with Crippen molar-refractivity contribution in [1.82, 2.24) is 0 Å². The average Bonchev–Trinajstić information content (AvgIpc) is 3.72. The van der Waals surface area contributed by atoms with E-state index in [1.54, 1.807) is 5.57 Å². The van der Waals surface area contributed by atoms with Crippen molar-refractivity contribution in [3.63, 3.8) is 0 Å². The molecule has 4 aromatic carbocycles. The first-order chi connectivity index (χ1) is 24.6. The predicted octanol–water partition coefficient (Wildman–Crippen LogP) is 14.5. The van der Waals surface area contributed by atoms with Gasteiger partial charge in [0.1, 0.15) is 0 Å². The summed E-state index contributed by atoms with van der Waals surface area (Å²) in [4.78, 5) is 0. The van der Waals surface area contributed by atoms with Crippen molar-refractivity contribution in [2.75, 3.05) is 0 Å². The van der Waals surface area contributed by atoms with Crippen LogP contribution in [0.4, 0.5) is 0 Å². The normalized spacial score (nSPS) is 22.5. The van der Waals surface area contributed by atoms with Crippen molar-refractivity contribution in [3.05, 3.63) is 124 Å². The third-order valence-corrected chi connectivity index (χ3v) is 67.1. The zero-order valence-electron chi connectivity index (χ0n) is 33.0. The number of fused-ring (bicyclic) bond motifs is 2. The van der Waals surface area contributed by atoms with Crippen molar-refractivity contribution in [3.8, 4) is 22.3 Å². The topological polar surface area (TPSA) is 0 Å². The molecule has 2 atom stereocenters. The molecule has 4 aromatic rings. The number of allylic oxidation sites excluding steroid dienone is 2. The zero-order chi connectivity index (χ0) is 37.2. The van der Waals surface area contributed by atoms with Gasteiger partial charge in [-0.05, 0) is 0 Å². The number of benzene rings is 4. The molecule has 0 radical (unpaired) electrons. The number of hydrogen-bond acceptors (Lipinski definition) is 0. The summed E-state index contributed by atoms with van der Waals surface area (Å²) in [7, 11) is 16.4. The standard InChI is InChI=1S/C25H29.C20H23Si.C2H7Si.2ClH.Zr/c1-17(2)19-11-13-21(14-12-19)24-6-4-5-22-15-23(16-25(22)24)20-9-7-18(3)8-10-20;1-5-15-13-17-7-6-8-19(20(17)14-15)16-9-11-18(12-10-16)21(2,3)4;1-3-2;;;/h4-6,11-18,20H,7-10H2,1-3H3;6-14H,5H2,1-4H3;3H,1-2H3;2*1H;/q;;;;;+2/p-2. The SMILES string of the molecule is CCC1=Cc2c(-c3ccc([Si](C)(C)C)cc3)cccc2[CH]1[Zr]([Cl])([Cl])([CH]1C(C2CCC(C)CC2)=Cc2c(-c3ccc(C(C)C)cc3)cccc21)[SiH](C)C. The van der Waals surface area contributed by atoms with Gasteiger partial charge in [0, 0.05) is 0 Å². The molecular formula is C47H59Cl2Si2Zr. The van der Waals surface area contributed by atoms with Gasteiger partial charge in [-0.25, -0.2) is 0 Å². The van der Waals surface area contributed by atoms with Crippen LogP contribution < -0.4 is 5.19 Å². The molecule has 0 heterocycles. The molecule has 2 unspecified atom stereocenters. The summed E-state index contributed by atoms with van der Waals surface area (Å²) in [6.07, 6.45) is 11.2. The van der Waals surface area contributed by atoms with Crippen LogP contribution >= 0.6 is 17.0 Å². The van der Waals surface area contributed by atoms with Gasteiger partial charge in [-0.1, -0.05) is 0 Å². The van der Waals surface area contributed by atoms with Crippen LogP contribution in [-0.2, 0) is 15.6 Å². The Balaban J connectivity index is 1.42. The van der Waals surface area contributed by atoms with Gasteiger partial charge in [0.05, 0.1) is 0 Å². The van der Waals surface area contributed by atoms with Crippen molar-refractivity contribution >= 4 is 48.4 Å². The fourth-order valence-electron chi connectivity index (χ4n) is 9.94. The van der Waals surface area contributed by atoms with E-state index in [1.807, 2.05) is 0 Å². The molecule has 0 aromatic heterocycles. The van der Waals surface area contributed by atoms with Crippen molar-refractivity contribution < 1.29 is 15.6 Å². The zero-order valence-corrected chi connectivity index (χ0v) is 39.1. The number of rotatable bonds is 9. The number of hydrogen-bond donors (Lipinski definition) is 0. The van der Waals surface area contributed by atoms with Crippen molar-refractivity contribution in [1.29, 1.82) is 0 Å². The van der Waals surface area contributed by atoms with E-state index < -0.39 is 29.6 Å². The first-order valence-electron chi connectivity index (χ1n) is 20.1. The van der Waals surface area contributed by atoms with Crippen LogP contribution in [0.2, 0.25) is 32.7 Å². The Morgan fingerprint density at radius 2 is 1.23 bits per heavy atom. The van der Waals surface area contributed by atoms with Gasteiger partial charge in [0.2, 0.25) is 0 Å². The van der Waals surface area contributed by atoms with Crippen molar-refractivity contribution in [2.45, 2.75) is 106 Å². The second-order valence-corrected chi connectivity index (χ2v) is 65.7. The summed E-state index contributed by atoms with van der Waals surface area (Å²) in [5.41, 5.74) is 15.2. The molecule has 0 bridgehead atoms. The third-order valence-electron chi connectivity index (χ3n) is 13.3. The first-order valence-corrected chi connectivity index (χ1v) is 39.9. The van der Waals surface area contributed by atoms with Crippen LogP contribution in [0.25, 0.3) is 34.4 Å². The average molecular weight is 842 g/mol. The molecule has 0 spiro atoms. The fourth-order valence-corrected chi connectivity index (χ4v) is 42.5. The van der Waals surface area contributed by atoms with Crippen LogP contribution in [0.3, 0.4) is 0 Å². The molecular weight excluding hydrogens is 783 g/mol. The maximum atomic E-state index is 8.90. The van der Waals surface area contributed by atoms with E-state index in [9.17, 15) is 0 Å². The van der Waals surface area contributed by atoms with E-state index in [4.69, 9.17) is 17.0 Å². The molecule has 1 fully saturated rings. The van der Waals surface area contributed by atoms with Crippen LogP contribution in [0.5, 0.6) is 0 Å². The molecule has 273 valence electrons. The molecule has 0 saturated heterocycles. The molecule has 0 N–H and O–H groups in total. The molecule has 7 rings (SSSR count). The van der Waals surface area contributed by atoms with Crippen molar-refractivity contribution in [2.24, 2.45) is 11.8 Å². The minimum absolute atomic E-state index is 0.119. The molecule has 0 nitrogen and oxygen atoms in total. The summed E-state index contributed by atoms with van der Waals surface area (Å²) in [6, 6.07) is 32.8. The Bertz CT molecular complexity index is 2020. The fraction of sp³-hybridized carbons (Fsp3) is 0.404. The Labute approximate surface area is 324 Å². The minimum atomic E-state index is -4.90.